The fraction of sp³-hybridized carbons (Fsp3) is 0.400. The number of aromatic amines is 2. The van der Waals surface area contributed by atoms with Gasteiger partial charge in [-0.05, 0) is 25.0 Å². The fourth-order valence-electron chi connectivity index (χ4n) is 3.00. The first-order chi connectivity index (χ1) is 10.7. The van der Waals surface area contributed by atoms with Gasteiger partial charge in [-0.2, -0.15) is 5.10 Å². The van der Waals surface area contributed by atoms with Crippen LogP contribution < -0.4 is 5.32 Å². The third-order valence-corrected chi connectivity index (χ3v) is 4.10. The van der Waals surface area contributed by atoms with Crippen molar-refractivity contribution in [3.63, 3.8) is 0 Å². The van der Waals surface area contributed by atoms with Crippen molar-refractivity contribution < 1.29 is 9.59 Å². The summed E-state index contributed by atoms with van der Waals surface area (Å²) in [5.74, 6) is -0.00793. The van der Waals surface area contributed by atoms with E-state index in [2.05, 4.69) is 20.5 Å². The second kappa shape index (κ2) is 6.05. The smallest absolute Gasteiger partial charge is 0.271 e. The number of aromatic nitrogens is 3. The van der Waals surface area contributed by atoms with E-state index in [0.29, 0.717) is 17.8 Å². The highest BCUT2D eigenvalue weighted by Crippen LogP contribution is 2.29. The summed E-state index contributed by atoms with van der Waals surface area (Å²) < 4.78 is 0. The molecule has 0 saturated carbocycles. The number of carbonyl (C=O) groups excluding carboxylic acids is 2. The lowest BCUT2D eigenvalue weighted by molar-refractivity contribution is 0.0700. The Morgan fingerprint density at radius 1 is 1.41 bits per heavy atom. The summed E-state index contributed by atoms with van der Waals surface area (Å²) in [4.78, 5) is 29.3. The summed E-state index contributed by atoms with van der Waals surface area (Å²) in [5, 5.41) is 9.18. The van der Waals surface area contributed by atoms with Crippen LogP contribution >= 0.6 is 0 Å². The topological polar surface area (TPSA) is 93.9 Å². The Kier molecular flexibility index (Phi) is 3.95. The SMILES string of the molecule is CNC(=O)c1cc[nH]c1C1CCCN(C(=O)c2ccn[nH]2)C1. The molecule has 22 heavy (non-hydrogen) atoms. The molecule has 3 N–H and O–H groups in total. The molecular weight excluding hydrogens is 282 g/mol. The Labute approximate surface area is 128 Å². The molecule has 1 atom stereocenters. The van der Waals surface area contributed by atoms with Crippen LogP contribution in [0.4, 0.5) is 0 Å². The van der Waals surface area contributed by atoms with E-state index in [9.17, 15) is 9.59 Å². The van der Waals surface area contributed by atoms with Crippen molar-refractivity contribution in [2.45, 2.75) is 18.8 Å². The summed E-state index contributed by atoms with van der Waals surface area (Å²) in [7, 11) is 1.62. The van der Waals surface area contributed by atoms with Crippen LogP contribution in [-0.4, -0.2) is 52.0 Å². The number of amides is 2. The molecule has 3 rings (SSSR count). The molecule has 1 aliphatic heterocycles. The zero-order valence-corrected chi connectivity index (χ0v) is 12.4. The lowest BCUT2D eigenvalue weighted by atomic mass is 9.92. The van der Waals surface area contributed by atoms with Crippen LogP contribution in [0, 0.1) is 0 Å². The van der Waals surface area contributed by atoms with Crippen LogP contribution in [0.2, 0.25) is 0 Å². The van der Waals surface area contributed by atoms with E-state index in [-0.39, 0.29) is 17.7 Å². The summed E-state index contributed by atoms with van der Waals surface area (Å²) in [6.07, 6.45) is 5.22. The van der Waals surface area contributed by atoms with Gasteiger partial charge in [-0.3, -0.25) is 14.7 Å². The maximum absolute atomic E-state index is 12.4. The monoisotopic (exact) mass is 301 g/mol. The molecule has 2 aromatic heterocycles. The van der Waals surface area contributed by atoms with Crippen LogP contribution in [-0.2, 0) is 0 Å². The molecule has 0 bridgehead atoms. The standard InChI is InChI=1S/C15H19N5O2/c1-16-14(21)11-4-6-17-13(11)10-3-2-8-20(9-10)15(22)12-5-7-18-19-12/h4-7,10,17H,2-3,8-9H2,1H3,(H,16,21)(H,18,19). The Balaban J connectivity index is 1.78. The summed E-state index contributed by atoms with van der Waals surface area (Å²) in [6.45, 7) is 1.33. The van der Waals surface area contributed by atoms with Gasteiger partial charge in [0.25, 0.3) is 11.8 Å². The van der Waals surface area contributed by atoms with Crippen LogP contribution in [0.25, 0.3) is 0 Å². The van der Waals surface area contributed by atoms with Crippen molar-refractivity contribution in [1.82, 2.24) is 25.4 Å². The van der Waals surface area contributed by atoms with E-state index in [1.807, 2.05) is 4.90 Å². The third-order valence-electron chi connectivity index (χ3n) is 4.10. The van der Waals surface area contributed by atoms with Crippen LogP contribution in [0.1, 0.15) is 45.3 Å². The van der Waals surface area contributed by atoms with Crippen LogP contribution in [0.3, 0.4) is 0 Å². The molecule has 2 amide bonds. The molecule has 0 aliphatic carbocycles. The van der Waals surface area contributed by atoms with Gasteiger partial charge in [-0.25, -0.2) is 0 Å². The second-order valence-corrected chi connectivity index (χ2v) is 5.44. The highest BCUT2D eigenvalue weighted by molar-refractivity contribution is 5.95. The van der Waals surface area contributed by atoms with E-state index < -0.39 is 0 Å². The van der Waals surface area contributed by atoms with Gasteiger partial charge >= 0.3 is 0 Å². The lowest BCUT2D eigenvalue weighted by Crippen LogP contribution is -2.39. The maximum Gasteiger partial charge on any atom is 0.271 e. The molecule has 1 saturated heterocycles. The van der Waals surface area contributed by atoms with Gasteiger partial charge in [0.2, 0.25) is 0 Å². The largest absolute Gasteiger partial charge is 0.364 e. The number of hydrogen-bond acceptors (Lipinski definition) is 3. The molecule has 0 radical (unpaired) electrons. The van der Waals surface area contributed by atoms with Gasteiger partial charge in [0.05, 0.1) is 5.56 Å². The Morgan fingerprint density at radius 3 is 3.00 bits per heavy atom. The molecule has 7 heteroatoms. The molecule has 1 unspecified atom stereocenters. The first-order valence-electron chi connectivity index (χ1n) is 7.38. The molecule has 0 spiro atoms. The van der Waals surface area contributed by atoms with Crippen molar-refractivity contribution >= 4 is 11.8 Å². The molecule has 0 aromatic carbocycles. The number of hydrogen-bond donors (Lipinski definition) is 3. The van der Waals surface area contributed by atoms with Crippen LogP contribution in [0.5, 0.6) is 0 Å². The third kappa shape index (κ3) is 2.61. The number of carbonyl (C=O) groups is 2. The Morgan fingerprint density at radius 2 is 2.27 bits per heavy atom. The van der Waals surface area contributed by atoms with Gasteiger partial charge in [-0.1, -0.05) is 0 Å². The zero-order chi connectivity index (χ0) is 15.5. The van der Waals surface area contributed by atoms with Gasteiger partial charge in [-0.15, -0.1) is 0 Å². The van der Waals surface area contributed by atoms with Crippen molar-refractivity contribution in [3.05, 3.63) is 41.5 Å². The highest BCUT2D eigenvalue weighted by atomic mass is 16.2. The number of nitrogens with zero attached hydrogens (tertiary/aromatic N) is 2. The quantitative estimate of drug-likeness (QED) is 0.793. The number of piperidine rings is 1. The Bertz CT molecular complexity index is 661. The van der Waals surface area contributed by atoms with E-state index >= 15 is 0 Å². The normalized spacial score (nSPS) is 18.2. The molecule has 7 nitrogen and oxygen atoms in total. The maximum atomic E-state index is 12.4. The van der Waals surface area contributed by atoms with E-state index in [1.54, 1.807) is 31.6 Å². The first-order valence-corrected chi connectivity index (χ1v) is 7.38. The zero-order valence-electron chi connectivity index (χ0n) is 12.4. The minimum atomic E-state index is -0.103. The van der Waals surface area contributed by atoms with Gasteiger partial charge in [0, 0.05) is 44.1 Å². The Hall–Kier alpha value is -2.57. The first kappa shape index (κ1) is 14.4. The molecule has 3 heterocycles. The number of rotatable bonds is 3. The van der Waals surface area contributed by atoms with Crippen molar-refractivity contribution in [1.29, 1.82) is 0 Å². The summed E-state index contributed by atoms with van der Waals surface area (Å²) in [6, 6.07) is 3.46. The highest BCUT2D eigenvalue weighted by Gasteiger charge is 2.29. The van der Waals surface area contributed by atoms with Crippen molar-refractivity contribution in [3.8, 4) is 0 Å². The van der Waals surface area contributed by atoms with Crippen LogP contribution in [0.15, 0.2) is 24.5 Å². The predicted octanol–water partition coefficient (Wildman–Crippen LogP) is 1.12. The molecule has 1 fully saturated rings. The molecule has 2 aromatic rings. The van der Waals surface area contributed by atoms with Gasteiger partial charge in [0.15, 0.2) is 0 Å². The average molecular weight is 301 g/mol. The van der Waals surface area contributed by atoms with Crippen molar-refractivity contribution in [2.75, 3.05) is 20.1 Å². The van der Waals surface area contributed by atoms with E-state index in [4.69, 9.17) is 0 Å². The predicted molar refractivity (Wildman–Crippen MR) is 80.6 cm³/mol. The molecular formula is C15H19N5O2. The number of H-pyrrole nitrogens is 2. The van der Waals surface area contributed by atoms with Gasteiger partial charge < -0.3 is 15.2 Å². The van der Waals surface area contributed by atoms with E-state index in [0.717, 1.165) is 25.1 Å². The summed E-state index contributed by atoms with van der Waals surface area (Å²) in [5.41, 5.74) is 2.06. The van der Waals surface area contributed by atoms with E-state index in [1.165, 1.54) is 0 Å². The number of nitrogens with one attached hydrogen (secondary N) is 3. The number of likely N-dealkylation sites (tertiary alicyclic amines) is 1. The van der Waals surface area contributed by atoms with Gasteiger partial charge in [0.1, 0.15) is 5.69 Å². The summed E-state index contributed by atoms with van der Waals surface area (Å²) >= 11 is 0. The minimum absolute atomic E-state index is 0.0461. The second-order valence-electron chi connectivity index (χ2n) is 5.44. The minimum Gasteiger partial charge on any atom is -0.364 e. The lowest BCUT2D eigenvalue weighted by Gasteiger charge is -2.32. The average Bonchev–Trinajstić information content (AvgIpc) is 3.24. The molecule has 116 valence electrons. The van der Waals surface area contributed by atoms with Crippen molar-refractivity contribution in [2.24, 2.45) is 0 Å². The fourth-order valence-corrected chi connectivity index (χ4v) is 3.00. The molecule has 1 aliphatic rings.